The SMILES string of the molecule is CN(C)C(C=O)Cc1cccc2ccccc12. The maximum absolute atomic E-state index is 11.0. The largest absolute Gasteiger partial charge is 0.302 e. The van der Waals surface area contributed by atoms with Crippen molar-refractivity contribution >= 4 is 17.1 Å². The number of hydrogen-bond acceptors (Lipinski definition) is 2. The van der Waals surface area contributed by atoms with E-state index >= 15 is 0 Å². The molecule has 0 aromatic heterocycles. The van der Waals surface area contributed by atoms with E-state index in [1.165, 1.54) is 16.3 Å². The van der Waals surface area contributed by atoms with Crippen LogP contribution in [0.1, 0.15) is 5.56 Å². The van der Waals surface area contributed by atoms with Crippen LogP contribution >= 0.6 is 0 Å². The van der Waals surface area contributed by atoms with E-state index in [2.05, 4.69) is 30.3 Å². The third kappa shape index (κ3) is 2.53. The smallest absolute Gasteiger partial charge is 0.137 e. The molecule has 2 heteroatoms. The molecule has 0 aliphatic rings. The van der Waals surface area contributed by atoms with Crippen molar-refractivity contribution in [1.82, 2.24) is 4.90 Å². The summed E-state index contributed by atoms with van der Waals surface area (Å²) in [6.45, 7) is 0. The van der Waals surface area contributed by atoms with Crippen LogP contribution in [0.15, 0.2) is 42.5 Å². The number of carbonyl (C=O) groups excluding carboxylic acids is 1. The van der Waals surface area contributed by atoms with Crippen molar-refractivity contribution in [2.45, 2.75) is 12.5 Å². The third-order valence-corrected chi connectivity index (χ3v) is 3.13. The van der Waals surface area contributed by atoms with Gasteiger partial charge in [-0.2, -0.15) is 0 Å². The number of rotatable bonds is 4. The molecule has 2 aromatic carbocycles. The summed E-state index contributed by atoms with van der Waals surface area (Å²) in [4.78, 5) is 13.0. The fraction of sp³-hybridized carbons (Fsp3) is 0.267. The average molecular weight is 227 g/mol. The van der Waals surface area contributed by atoms with E-state index in [9.17, 15) is 4.79 Å². The molecule has 0 spiro atoms. The Morgan fingerprint density at radius 3 is 2.53 bits per heavy atom. The van der Waals surface area contributed by atoms with Gasteiger partial charge in [0.15, 0.2) is 0 Å². The first kappa shape index (κ1) is 11.8. The molecule has 0 heterocycles. The van der Waals surface area contributed by atoms with Gasteiger partial charge in [0.2, 0.25) is 0 Å². The molecule has 88 valence electrons. The second kappa shape index (κ2) is 5.11. The fourth-order valence-corrected chi connectivity index (χ4v) is 2.05. The summed E-state index contributed by atoms with van der Waals surface area (Å²) in [6, 6.07) is 14.5. The molecule has 17 heavy (non-hydrogen) atoms. The van der Waals surface area contributed by atoms with E-state index in [1.807, 2.05) is 31.1 Å². The zero-order valence-electron chi connectivity index (χ0n) is 10.3. The average Bonchev–Trinajstić information content (AvgIpc) is 2.35. The van der Waals surface area contributed by atoms with Crippen LogP contribution in [0, 0.1) is 0 Å². The molecule has 0 amide bonds. The normalized spacial score (nSPS) is 12.9. The number of likely N-dealkylation sites (N-methyl/N-ethyl adjacent to an activating group) is 1. The predicted octanol–water partition coefficient (Wildman–Crippen LogP) is 2.51. The standard InChI is InChI=1S/C15H17NO/c1-16(2)14(11-17)10-13-8-5-7-12-6-3-4-9-15(12)13/h3-9,11,14H,10H2,1-2H3. The van der Waals surface area contributed by atoms with E-state index in [4.69, 9.17) is 0 Å². The highest BCUT2D eigenvalue weighted by atomic mass is 16.1. The lowest BCUT2D eigenvalue weighted by Gasteiger charge is -2.19. The van der Waals surface area contributed by atoms with Gasteiger partial charge in [-0.15, -0.1) is 0 Å². The van der Waals surface area contributed by atoms with Crippen molar-refractivity contribution < 1.29 is 4.79 Å². The summed E-state index contributed by atoms with van der Waals surface area (Å²) >= 11 is 0. The van der Waals surface area contributed by atoms with Crippen LogP contribution in [0.2, 0.25) is 0 Å². The lowest BCUT2D eigenvalue weighted by atomic mass is 9.99. The number of carbonyl (C=O) groups is 1. The van der Waals surface area contributed by atoms with Gasteiger partial charge in [-0.1, -0.05) is 42.5 Å². The molecule has 0 saturated heterocycles. The second-order valence-electron chi connectivity index (χ2n) is 4.51. The van der Waals surface area contributed by atoms with Gasteiger partial charge >= 0.3 is 0 Å². The Bertz CT molecular complexity index is 514. The van der Waals surface area contributed by atoms with Crippen molar-refractivity contribution in [3.05, 3.63) is 48.0 Å². The molecule has 2 aromatic rings. The summed E-state index contributed by atoms with van der Waals surface area (Å²) in [6.07, 6.45) is 1.78. The van der Waals surface area contributed by atoms with Crippen LogP contribution in [0.5, 0.6) is 0 Å². The number of benzene rings is 2. The van der Waals surface area contributed by atoms with Crippen LogP contribution < -0.4 is 0 Å². The summed E-state index contributed by atoms with van der Waals surface area (Å²) in [5.74, 6) is 0. The first-order chi connectivity index (χ1) is 8.22. The highest BCUT2D eigenvalue weighted by Gasteiger charge is 2.12. The lowest BCUT2D eigenvalue weighted by Crippen LogP contribution is -2.31. The summed E-state index contributed by atoms with van der Waals surface area (Å²) in [5.41, 5.74) is 1.23. The van der Waals surface area contributed by atoms with Crippen molar-refractivity contribution in [2.24, 2.45) is 0 Å². The van der Waals surface area contributed by atoms with Gasteiger partial charge in [0.05, 0.1) is 6.04 Å². The van der Waals surface area contributed by atoms with Gasteiger partial charge in [0, 0.05) is 0 Å². The van der Waals surface area contributed by atoms with E-state index in [-0.39, 0.29) is 6.04 Å². The Morgan fingerprint density at radius 1 is 1.12 bits per heavy atom. The molecule has 0 aliphatic heterocycles. The fourth-order valence-electron chi connectivity index (χ4n) is 2.05. The molecule has 0 fully saturated rings. The van der Waals surface area contributed by atoms with Gasteiger partial charge in [-0.05, 0) is 36.9 Å². The number of nitrogens with zero attached hydrogens (tertiary/aromatic N) is 1. The summed E-state index contributed by atoms with van der Waals surface area (Å²) in [7, 11) is 3.87. The molecule has 0 N–H and O–H groups in total. The molecule has 1 unspecified atom stereocenters. The number of hydrogen-bond donors (Lipinski definition) is 0. The molecule has 2 nitrogen and oxygen atoms in total. The molecule has 1 atom stereocenters. The summed E-state index contributed by atoms with van der Waals surface area (Å²) in [5, 5.41) is 2.47. The molecule has 0 radical (unpaired) electrons. The molecule has 0 saturated carbocycles. The summed E-state index contributed by atoms with van der Waals surface area (Å²) < 4.78 is 0. The van der Waals surface area contributed by atoms with Crippen molar-refractivity contribution in [3.8, 4) is 0 Å². The maximum atomic E-state index is 11.0. The molecular weight excluding hydrogens is 210 g/mol. The van der Waals surface area contributed by atoms with Gasteiger partial charge in [0.25, 0.3) is 0 Å². The van der Waals surface area contributed by atoms with Crippen molar-refractivity contribution in [2.75, 3.05) is 14.1 Å². The number of aldehydes is 1. The highest BCUT2D eigenvalue weighted by molar-refractivity contribution is 5.86. The lowest BCUT2D eigenvalue weighted by molar-refractivity contribution is -0.111. The highest BCUT2D eigenvalue weighted by Crippen LogP contribution is 2.20. The topological polar surface area (TPSA) is 20.3 Å². The minimum atomic E-state index is -0.0548. The van der Waals surface area contributed by atoms with Crippen molar-refractivity contribution in [3.63, 3.8) is 0 Å². The predicted molar refractivity (Wildman–Crippen MR) is 71.2 cm³/mol. The maximum Gasteiger partial charge on any atom is 0.137 e. The number of fused-ring (bicyclic) bond motifs is 1. The third-order valence-electron chi connectivity index (χ3n) is 3.13. The van der Waals surface area contributed by atoms with E-state index in [0.29, 0.717) is 0 Å². The Morgan fingerprint density at radius 2 is 1.82 bits per heavy atom. The van der Waals surface area contributed by atoms with Crippen LogP contribution in [-0.4, -0.2) is 31.3 Å². The van der Waals surface area contributed by atoms with Gasteiger partial charge in [-0.25, -0.2) is 0 Å². The monoisotopic (exact) mass is 227 g/mol. The van der Waals surface area contributed by atoms with E-state index in [0.717, 1.165) is 12.7 Å². The molecule has 2 rings (SSSR count). The first-order valence-electron chi connectivity index (χ1n) is 5.80. The molecule has 0 bridgehead atoms. The minimum Gasteiger partial charge on any atom is -0.302 e. The van der Waals surface area contributed by atoms with Gasteiger partial charge in [0.1, 0.15) is 6.29 Å². The Balaban J connectivity index is 2.38. The zero-order chi connectivity index (χ0) is 12.3. The van der Waals surface area contributed by atoms with E-state index in [1.54, 1.807) is 0 Å². The molecular formula is C15H17NO. The van der Waals surface area contributed by atoms with Gasteiger partial charge < -0.3 is 4.79 Å². The van der Waals surface area contributed by atoms with E-state index < -0.39 is 0 Å². The Labute approximate surface area is 102 Å². The zero-order valence-corrected chi connectivity index (χ0v) is 10.3. The first-order valence-corrected chi connectivity index (χ1v) is 5.80. The second-order valence-corrected chi connectivity index (χ2v) is 4.51. The van der Waals surface area contributed by atoms with Crippen LogP contribution in [-0.2, 0) is 11.2 Å². The van der Waals surface area contributed by atoms with Gasteiger partial charge in [-0.3, -0.25) is 4.90 Å². The quantitative estimate of drug-likeness (QED) is 0.748. The Hall–Kier alpha value is -1.67. The van der Waals surface area contributed by atoms with Crippen LogP contribution in [0.4, 0.5) is 0 Å². The van der Waals surface area contributed by atoms with Crippen LogP contribution in [0.25, 0.3) is 10.8 Å². The molecule has 0 aliphatic carbocycles. The minimum absolute atomic E-state index is 0.0548. The van der Waals surface area contributed by atoms with Crippen molar-refractivity contribution in [1.29, 1.82) is 0 Å². The Kier molecular flexibility index (Phi) is 3.55. The van der Waals surface area contributed by atoms with Crippen LogP contribution in [0.3, 0.4) is 0 Å².